The van der Waals surface area contributed by atoms with Gasteiger partial charge >= 0.3 is 5.97 Å². The summed E-state index contributed by atoms with van der Waals surface area (Å²) in [6, 6.07) is 0. The third-order valence-electron chi connectivity index (χ3n) is 4.78. The molecule has 0 aromatic heterocycles. The second-order valence-electron chi connectivity index (χ2n) is 5.26. The van der Waals surface area contributed by atoms with Gasteiger partial charge in [-0.2, -0.15) is 0 Å². The van der Waals surface area contributed by atoms with Gasteiger partial charge in [-0.15, -0.1) is 0 Å². The van der Waals surface area contributed by atoms with Crippen LogP contribution < -0.4 is 0 Å². The zero-order valence-corrected chi connectivity index (χ0v) is 8.17. The Balaban J connectivity index is 1.67. The number of hydrogen-bond acceptors (Lipinski definition) is 4. The summed E-state index contributed by atoms with van der Waals surface area (Å²) < 4.78 is 10.3. The van der Waals surface area contributed by atoms with E-state index < -0.39 is 0 Å². The molecule has 4 nitrogen and oxygen atoms in total. The minimum atomic E-state index is -0.150. The van der Waals surface area contributed by atoms with Gasteiger partial charge in [0.2, 0.25) is 0 Å². The molecule has 1 heterocycles. The number of rotatable bonds is 2. The van der Waals surface area contributed by atoms with E-state index in [1.807, 2.05) is 0 Å². The monoisotopic (exact) mass is 208 g/mol. The van der Waals surface area contributed by atoms with Crippen molar-refractivity contribution in [1.29, 1.82) is 0 Å². The second-order valence-corrected chi connectivity index (χ2v) is 5.26. The Morgan fingerprint density at radius 3 is 2.93 bits per heavy atom. The molecule has 15 heavy (non-hydrogen) atoms. The van der Waals surface area contributed by atoms with Crippen molar-refractivity contribution in [2.45, 2.75) is 25.0 Å². The Morgan fingerprint density at radius 2 is 2.13 bits per heavy atom. The van der Waals surface area contributed by atoms with E-state index in [1.165, 1.54) is 6.42 Å². The Labute approximate surface area is 86.9 Å². The maximum absolute atomic E-state index is 11.7. The average Bonchev–Trinajstić information content (AvgIpc) is 2.93. The van der Waals surface area contributed by atoms with Gasteiger partial charge < -0.3 is 9.47 Å². The van der Waals surface area contributed by atoms with E-state index in [0.717, 1.165) is 6.42 Å². The Hall–Kier alpha value is -1.06. The molecule has 80 valence electrons. The predicted molar refractivity (Wildman–Crippen MR) is 47.5 cm³/mol. The van der Waals surface area contributed by atoms with Crippen molar-refractivity contribution in [2.75, 3.05) is 0 Å². The fourth-order valence-corrected chi connectivity index (χ4v) is 4.09. The molecular weight excluding hydrogens is 196 g/mol. The standard InChI is InChI=1S/C11H12O4/c12-3-14-9-6-2-4-1-5(4)8-7(6)10(9)15-11(8)13/h3-10H,1-2H2. The molecule has 4 aliphatic rings. The number of ether oxygens (including phenoxy) is 2. The van der Waals surface area contributed by atoms with Gasteiger partial charge in [-0.25, -0.2) is 0 Å². The quantitative estimate of drug-likeness (QED) is 0.485. The molecule has 1 aliphatic heterocycles. The topological polar surface area (TPSA) is 52.6 Å². The maximum Gasteiger partial charge on any atom is 0.310 e. The lowest BCUT2D eigenvalue weighted by molar-refractivity contribution is -0.184. The van der Waals surface area contributed by atoms with Gasteiger partial charge in [-0.05, 0) is 24.7 Å². The van der Waals surface area contributed by atoms with Crippen molar-refractivity contribution < 1.29 is 19.1 Å². The van der Waals surface area contributed by atoms with Gasteiger partial charge in [0.15, 0.2) is 0 Å². The molecule has 7 atom stereocenters. The van der Waals surface area contributed by atoms with Crippen molar-refractivity contribution in [2.24, 2.45) is 29.6 Å². The number of esters is 1. The first-order valence-corrected chi connectivity index (χ1v) is 5.61. The Morgan fingerprint density at radius 1 is 1.33 bits per heavy atom. The van der Waals surface area contributed by atoms with E-state index in [1.54, 1.807) is 0 Å². The highest BCUT2D eigenvalue weighted by Crippen LogP contribution is 2.66. The lowest BCUT2D eigenvalue weighted by atomic mass is 9.58. The van der Waals surface area contributed by atoms with Crippen LogP contribution in [0.3, 0.4) is 0 Å². The fourth-order valence-electron chi connectivity index (χ4n) is 4.09. The Kier molecular flexibility index (Phi) is 1.28. The fraction of sp³-hybridized carbons (Fsp3) is 0.818. The lowest BCUT2D eigenvalue weighted by Crippen LogP contribution is -2.58. The van der Waals surface area contributed by atoms with E-state index in [0.29, 0.717) is 30.1 Å². The number of carbonyl (C=O) groups is 2. The molecule has 4 heteroatoms. The zero-order chi connectivity index (χ0) is 10.2. The lowest BCUT2D eigenvalue weighted by Gasteiger charge is -2.48. The molecule has 1 saturated heterocycles. The van der Waals surface area contributed by atoms with Crippen LogP contribution in [0.2, 0.25) is 0 Å². The first-order chi connectivity index (χ1) is 7.31. The van der Waals surface area contributed by atoms with Crippen LogP contribution in [0.1, 0.15) is 12.8 Å². The van der Waals surface area contributed by atoms with E-state index >= 15 is 0 Å². The van der Waals surface area contributed by atoms with Crippen LogP contribution in [0.4, 0.5) is 0 Å². The Bertz CT molecular complexity index is 352. The van der Waals surface area contributed by atoms with Crippen LogP contribution >= 0.6 is 0 Å². The highest BCUT2D eigenvalue weighted by atomic mass is 16.6. The molecule has 0 N–H and O–H groups in total. The first kappa shape index (κ1) is 8.13. The molecule has 4 fully saturated rings. The first-order valence-electron chi connectivity index (χ1n) is 5.61. The summed E-state index contributed by atoms with van der Waals surface area (Å²) in [6.45, 7) is 0.487. The highest BCUT2D eigenvalue weighted by Gasteiger charge is 2.71. The summed E-state index contributed by atoms with van der Waals surface area (Å²) >= 11 is 0. The second kappa shape index (κ2) is 2.36. The van der Waals surface area contributed by atoms with Crippen LogP contribution in [0.5, 0.6) is 0 Å². The normalized spacial score (nSPS) is 58.4. The minimum Gasteiger partial charge on any atom is -0.460 e. The molecule has 0 amide bonds. The van der Waals surface area contributed by atoms with Crippen molar-refractivity contribution in [3.8, 4) is 0 Å². The number of carbonyl (C=O) groups excluding carboxylic acids is 2. The SMILES string of the molecule is O=COC1C2CC3CC3C3C(=O)OC1C23. The summed E-state index contributed by atoms with van der Waals surface area (Å²) in [5.41, 5.74) is 0. The highest BCUT2D eigenvalue weighted by molar-refractivity contribution is 5.77. The van der Waals surface area contributed by atoms with E-state index in [2.05, 4.69) is 0 Å². The van der Waals surface area contributed by atoms with Crippen LogP contribution in [0.15, 0.2) is 0 Å². The van der Waals surface area contributed by atoms with E-state index in [9.17, 15) is 9.59 Å². The van der Waals surface area contributed by atoms with Crippen LogP contribution in [-0.2, 0) is 19.1 Å². The van der Waals surface area contributed by atoms with Crippen molar-refractivity contribution in [3.05, 3.63) is 0 Å². The largest absolute Gasteiger partial charge is 0.460 e. The molecule has 0 aromatic carbocycles. The third kappa shape index (κ3) is 0.802. The van der Waals surface area contributed by atoms with Gasteiger partial charge in [0.25, 0.3) is 6.47 Å². The molecule has 0 spiro atoms. The van der Waals surface area contributed by atoms with Crippen molar-refractivity contribution in [1.82, 2.24) is 0 Å². The molecular formula is C11H12O4. The van der Waals surface area contributed by atoms with Crippen LogP contribution in [0.25, 0.3) is 0 Å². The van der Waals surface area contributed by atoms with Crippen molar-refractivity contribution >= 4 is 12.4 Å². The molecule has 4 rings (SSSR count). The van der Waals surface area contributed by atoms with Gasteiger partial charge in [0, 0.05) is 11.8 Å². The molecule has 0 bridgehead atoms. The van der Waals surface area contributed by atoms with E-state index in [4.69, 9.17) is 9.47 Å². The molecule has 7 unspecified atom stereocenters. The number of fused-ring (bicyclic) bond motifs is 2. The summed E-state index contributed by atoms with van der Waals surface area (Å²) in [5, 5.41) is 0. The molecule has 0 radical (unpaired) electrons. The minimum absolute atomic E-state index is 0.0424. The number of hydrogen-bond donors (Lipinski definition) is 0. The van der Waals surface area contributed by atoms with Gasteiger partial charge in [-0.3, -0.25) is 9.59 Å². The van der Waals surface area contributed by atoms with Crippen molar-refractivity contribution in [3.63, 3.8) is 0 Å². The third-order valence-corrected chi connectivity index (χ3v) is 4.78. The van der Waals surface area contributed by atoms with Gasteiger partial charge in [0.05, 0.1) is 5.92 Å². The van der Waals surface area contributed by atoms with E-state index in [-0.39, 0.29) is 24.1 Å². The van der Waals surface area contributed by atoms with Gasteiger partial charge in [0.1, 0.15) is 12.2 Å². The summed E-state index contributed by atoms with van der Waals surface area (Å²) in [5.74, 6) is 2.11. The predicted octanol–water partition coefficient (Wildman–Crippen LogP) is 0.355. The van der Waals surface area contributed by atoms with Crippen LogP contribution in [-0.4, -0.2) is 24.6 Å². The molecule has 0 aromatic rings. The molecule has 3 saturated carbocycles. The smallest absolute Gasteiger partial charge is 0.310 e. The summed E-state index contributed by atoms with van der Waals surface area (Å²) in [7, 11) is 0. The van der Waals surface area contributed by atoms with Gasteiger partial charge in [-0.1, -0.05) is 0 Å². The summed E-state index contributed by atoms with van der Waals surface area (Å²) in [4.78, 5) is 22.0. The summed E-state index contributed by atoms with van der Waals surface area (Å²) in [6.07, 6.45) is 2.02. The average molecular weight is 208 g/mol. The zero-order valence-electron chi connectivity index (χ0n) is 8.17. The molecule has 3 aliphatic carbocycles. The van der Waals surface area contributed by atoms with Crippen LogP contribution in [0, 0.1) is 29.6 Å². The maximum atomic E-state index is 11.7.